The molecule has 0 aliphatic heterocycles. The summed E-state index contributed by atoms with van der Waals surface area (Å²) >= 11 is 0. The standard InChI is InChI=1S/C38H36O2/c1-4-14-28(38(40)35-21-12-8-17-31(35)32-18-9-13-22-36(32)38)25-27(5-2)24-23-26(3)37(39)33-19-10-6-15-29(33)30-16-7-11-20-34(30)37/h5-13,15-25,31,35,39-40H,2,4,14H2,1,3H3/b26-23+,27-24+,28-25+. The maximum atomic E-state index is 12.5. The van der Waals surface area contributed by atoms with E-state index in [9.17, 15) is 10.2 Å². The molecule has 40 heavy (non-hydrogen) atoms. The highest BCUT2D eigenvalue weighted by Gasteiger charge is 2.51. The van der Waals surface area contributed by atoms with Crippen molar-refractivity contribution in [1.29, 1.82) is 0 Å². The Kier molecular flexibility index (Phi) is 6.70. The van der Waals surface area contributed by atoms with E-state index in [1.807, 2.05) is 67.6 Å². The normalized spacial score (nSPS) is 24.4. The fourth-order valence-corrected chi connectivity index (χ4v) is 7.00. The van der Waals surface area contributed by atoms with Crippen LogP contribution in [0.4, 0.5) is 0 Å². The highest BCUT2D eigenvalue weighted by molar-refractivity contribution is 5.82. The number of hydrogen-bond acceptors (Lipinski definition) is 2. The Hall–Kier alpha value is -3.98. The van der Waals surface area contributed by atoms with E-state index in [4.69, 9.17) is 0 Å². The Morgan fingerprint density at radius 2 is 1.43 bits per heavy atom. The maximum Gasteiger partial charge on any atom is 0.137 e. The molecule has 0 saturated heterocycles. The Labute approximate surface area is 237 Å². The van der Waals surface area contributed by atoms with Crippen LogP contribution in [0.15, 0.2) is 145 Å². The third kappa shape index (κ3) is 3.86. The Morgan fingerprint density at radius 3 is 2.08 bits per heavy atom. The number of benzene rings is 3. The van der Waals surface area contributed by atoms with E-state index < -0.39 is 11.2 Å². The van der Waals surface area contributed by atoms with Gasteiger partial charge in [-0.1, -0.05) is 141 Å². The van der Waals surface area contributed by atoms with Crippen molar-refractivity contribution in [2.24, 2.45) is 5.92 Å². The molecule has 0 heterocycles. The van der Waals surface area contributed by atoms with E-state index in [0.29, 0.717) is 0 Å². The van der Waals surface area contributed by atoms with Crippen molar-refractivity contribution in [3.63, 3.8) is 0 Å². The fraction of sp³-hybridized carbons (Fsp3) is 0.211. The van der Waals surface area contributed by atoms with Crippen LogP contribution in [0.5, 0.6) is 0 Å². The van der Waals surface area contributed by atoms with Gasteiger partial charge >= 0.3 is 0 Å². The minimum absolute atomic E-state index is 0.0525. The van der Waals surface area contributed by atoms with E-state index in [-0.39, 0.29) is 11.8 Å². The Bertz CT molecular complexity index is 1580. The molecular weight excluding hydrogens is 488 g/mol. The summed E-state index contributed by atoms with van der Waals surface area (Å²) in [5.41, 5.74) is 6.54. The summed E-state index contributed by atoms with van der Waals surface area (Å²) in [6, 6.07) is 24.5. The van der Waals surface area contributed by atoms with Gasteiger partial charge in [0.25, 0.3) is 0 Å². The summed E-state index contributed by atoms with van der Waals surface area (Å²) in [4.78, 5) is 0. The molecule has 200 valence electrons. The van der Waals surface area contributed by atoms with E-state index in [0.717, 1.165) is 57.4 Å². The molecule has 3 unspecified atom stereocenters. The molecule has 0 amide bonds. The largest absolute Gasteiger partial charge is 0.380 e. The number of allylic oxidation sites excluding steroid dienone is 8. The van der Waals surface area contributed by atoms with Crippen molar-refractivity contribution in [3.8, 4) is 11.1 Å². The highest BCUT2D eigenvalue weighted by atomic mass is 16.3. The predicted molar refractivity (Wildman–Crippen MR) is 165 cm³/mol. The van der Waals surface area contributed by atoms with Gasteiger partial charge in [0.2, 0.25) is 0 Å². The first-order valence-corrected chi connectivity index (χ1v) is 14.3. The van der Waals surface area contributed by atoms with Crippen LogP contribution in [0.25, 0.3) is 11.1 Å². The minimum atomic E-state index is -1.21. The van der Waals surface area contributed by atoms with Crippen LogP contribution >= 0.6 is 0 Å². The summed E-state index contributed by atoms with van der Waals surface area (Å²) in [7, 11) is 0. The van der Waals surface area contributed by atoms with Gasteiger partial charge in [0.05, 0.1) is 0 Å². The SMILES string of the molecule is C=CC(=C\C=C(/C)C1(O)c2ccccc2-c2ccccc21)/C=C(\CCC)C1(O)c2ccccc2C2C=CC=CC21. The lowest BCUT2D eigenvalue weighted by Gasteiger charge is -2.35. The lowest BCUT2D eigenvalue weighted by molar-refractivity contribution is 0.0373. The zero-order chi connectivity index (χ0) is 27.9. The Morgan fingerprint density at radius 1 is 0.825 bits per heavy atom. The molecule has 2 nitrogen and oxygen atoms in total. The first kappa shape index (κ1) is 26.3. The third-order valence-electron chi connectivity index (χ3n) is 8.95. The van der Waals surface area contributed by atoms with E-state index >= 15 is 0 Å². The molecule has 0 spiro atoms. The van der Waals surface area contributed by atoms with Gasteiger partial charge in [-0.05, 0) is 52.3 Å². The maximum absolute atomic E-state index is 12.5. The number of hydrogen-bond donors (Lipinski definition) is 2. The average molecular weight is 525 g/mol. The topological polar surface area (TPSA) is 40.5 Å². The summed E-state index contributed by atoms with van der Waals surface area (Å²) in [5, 5.41) is 24.7. The first-order chi connectivity index (χ1) is 19.4. The highest BCUT2D eigenvalue weighted by Crippen LogP contribution is 2.56. The molecule has 3 aromatic rings. The van der Waals surface area contributed by atoms with Crippen molar-refractivity contribution >= 4 is 0 Å². The van der Waals surface area contributed by atoms with Gasteiger partial charge in [0, 0.05) is 23.0 Å². The van der Waals surface area contributed by atoms with Crippen LogP contribution in [0.2, 0.25) is 0 Å². The van der Waals surface area contributed by atoms with Crippen molar-refractivity contribution < 1.29 is 10.2 Å². The molecule has 3 aliphatic rings. The lowest BCUT2D eigenvalue weighted by atomic mass is 9.74. The summed E-state index contributed by atoms with van der Waals surface area (Å²) in [6.07, 6.45) is 18.1. The fourth-order valence-electron chi connectivity index (χ4n) is 7.00. The first-order valence-electron chi connectivity index (χ1n) is 14.3. The summed E-state index contributed by atoms with van der Waals surface area (Å²) in [6.45, 7) is 8.24. The molecule has 3 aliphatic carbocycles. The van der Waals surface area contributed by atoms with Crippen LogP contribution in [-0.4, -0.2) is 10.2 Å². The van der Waals surface area contributed by atoms with E-state index in [2.05, 4.69) is 74.2 Å². The van der Waals surface area contributed by atoms with Gasteiger partial charge in [-0.2, -0.15) is 0 Å². The second-order valence-electron chi connectivity index (χ2n) is 11.1. The van der Waals surface area contributed by atoms with Crippen LogP contribution in [0, 0.1) is 5.92 Å². The average Bonchev–Trinajstić information content (AvgIpc) is 3.42. The van der Waals surface area contributed by atoms with Crippen LogP contribution < -0.4 is 0 Å². The quantitative estimate of drug-likeness (QED) is 0.305. The van der Waals surface area contributed by atoms with Gasteiger partial charge in [0.15, 0.2) is 0 Å². The number of rotatable bonds is 7. The van der Waals surface area contributed by atoms with Gasteiger partial charge < -0.3 is 10.2 Å². The van der Waals surface area contributed by atoms with Gasteiger partial charge in [-0.3, -0.25) is 0 Å². The summed E-state index contributed by atoms with van der Waals surface area (Å²) < 4.78 is 0. The molecule has 6 rings (SSSR count). The van der Waals surface area contributed by atoms with Gasteiger partial charge in [-0.15, -0.1) is 0 Å². The molecule has 3 atom stereocenters. The molecule has 0 bridgehead atoms. The second-order valence-corrected chi connectivity index (χ2v) is 11.1. The molecule has 2 N–H and O–H groups in total. The lowest BCUT2D eigenvalue weighted by Crippen LogP contribution is -2.34. The van der Waals surface area contributed by atoms with Crippen molar-refractivity contribution in [2.75, 3.05) is 0 Å². The zero-order valence-corrected chi connectivity index (χ0v) is 23.2. The van der Waals surface area contributed by atoms with Crippen LogP contribution in [-0.2, 0) is 11.2 Å². The van der Waals surface area contributed by atoms with Crippen LogP contribution in [0.1, 0.15) is 54.9 Å². The van der Waals surface area contributed by atoms with Crippen molar-refractivity contribution in [2.45, 2.75) is 43.8 Å². The van der Waals surface area contributed by atoms with Gasteiger partial charge in [0.1, 0.15) is 11.2 Å². The molecule has 0 radical (unpaired) electrons. The molecular formula is C38H36O2. The smallest absolute Gasteiger partial charge is 0.137 e. The molecule has 2 heteroatoms. The van der Waals surface area contributed by atoms with Crippen molar-refractivity contribution in [1.82, 2.24) is 0 Å². The van der Waals surface area contributed by atoms with Gasteiger partial charge in [-0.25, -0.2) is 0 Å². The monoisotopic (exact) mass is 524 g/mol. The zero-order valence-electron chi connectivity index (χ0n) is 23.2. The second kappa shape index (κ2) is 10.2. The minimum Gasteiger partial charge on any atom is -0.380 e. The molecule has 0 aromatic heterocycles. The van der Waals surface area contributed by atoms with E-state index in [1.54, 1.807) is 0 Å². The molecule has 0 saturated carbocycles. The number of aliphatic hydroxyl groups is 2. The van der Waals surface area contributed by atoms with Crippen molar-refractivity contribution in [3.05, 3.63) is 167 Å². The molecule has 3 aromatic carbocycles. The Balaban J connectivity index is 1.43. The predicted octanol–water partition coefficient (Wildman–Crippen LogP) is 8.42. The summed E-state index contributed by atoms with van der Waals surface area (Å²) in [5.74, 6) is 0.102. The van der Waals surface area contributed by atoms with Crippen LogP contribution in [0.3, 0.4) is 0 Å². The van der Waals surface area contributed by atoms with E-state index in [1.165, 1.54) is 5.56 Å². The third-order valence-corrected chi connectivity index (χ3v) is 8.95. The molecule has 0 fully saturated rings. The number of fused-ring (bicyclic) bond motifs is 6.